The number of ether oxygens (including phenoxy) is 2. The maximum absolute atomic E-state index is 12.5. The van der Waals surface area contributed by atoms with Gasteiger partial charge in [-0.05, 0) is 53.4 Å². The lowest BCUT2D eigenvalue weighted by atomic mass is 9.91. The van der Waals surface area contributed by atoms with Crippen molar-refractivity contribution in [3.05, 3.63) is 86.8 Å². The van der Waals surface area contributed by atoms with Crippen LogP contribution < -0.4 is 15.6 Å². The summed E-state index contributed by atoms with van der Waals surface area (Å²) in [6, 6.07) is 14.8. The normalized spacial score (nSPS) is 17.1. The summed E-state index contributed by atoms with van der Waals surface area (Å²) in [5, 5.41) is 3.46. The van der Waals surface area contributed by atoms with Crippen molar-refractivity contribution in [1.82, 2.24) is 9.88 Å². The Morgan fingerprint density at radius 3 is 2.56 bits per heavy atom. The zero-order chi connectivity index (χ0) is 22.8. The number of amides is 1. The third-order valence-corrected chi connectivity index (χ3v) is 5.91. The Labute approximate surface area is 191 Å². The molecule has 2 aromatic carbocycles. The van der Waals surface area contributed by atoms with E-state index in [1.807, 2.05) is 49.4 Å². The van der Waals surface area contributed by atoms with Gasteiger partial charge in [-0.3, -0.25) is 9.59 Å². The Hall–Kier alpha value is -3.09. The number of rotatable bonds is 5. The van der Waals surface area contributed by atoms with Gasteiger partial charge in [-0.1, -0.05) is 29.8 Å². The number of nitrogens with zero attached hydrogens (tertiary/aromatic N) is 1. The summed E-state index contributed by atoms with van der Waals surface area (Å²) in [5.74, 6) is 0.558. The van der Waals surface area contributed by atoms with Crippen molar-refractivity contribution in [2.75, 3.05) is 13.7 Å². The van der Waals surface area contributed by atoms with Crippen LogP contribution in [0.3, 0.4) is 0 Å². The van der Waals surface area contributed by atoms with E-state index in [4.69, 9.17) is 21.1 Å². The van der Waals surface area contributed by atoms with E-state index < -0.39 is 12.2 Å². The molecule has 7 heteroatoms. The van der Waals surface area contributed by atoms with E-state index in [0.29, 0.717) is 22.9 Å². The van der Waals surface area contributed by atoms with E-state index in [9.17, 15) is 9.59 Å². The molecule has 0 saturated carbocycles. The summed E-state index contributed by atoms with van der Waals surface area (Å²) in [4.78, 5) is 25.1. The van der Waals surface area contributed by atoms with E-state index in [0.717, 1.165) is 22.3 Å². The number of carbonyl (C=O) groups is 1. The van der Waals surface area contributed by atoms with Crippen molar-refractivity contribution >= 4 is 17.5 Å². The van der Waals surface area contributed by atoms with Crippen LogP contribution in [0.25, 0.3) is 11.1 Å². The van der Waals surface area contributed by atoms with Crippen molar-refractivity contribution in [3.63, 3.8) is 0 Å². The molecule has 0 aliphatic carbocycles. The molecule has 0 saturated heterocycles. The van der Waals surface area contributed by atoms with Crippen molar-refractivity contribution in [3.8, 4) is 16.9 Å². The number of fused-ring (bicyclic) bond motifs is 3. The van der Waals surface area contributed by atoms with E-state index in [1.54, 1.807) is 31.0 Å². The Balaban J connectivity index is 1.95. The second kappa shape index (κ2) is 9.18. The average molecular weight is 453 g/mol. The van der Waals surface area contributed by atoms with Crippen LogP contribution in [0, 0.1) is 0 Å². The van der Waals surface area contributed by atoms with Crippen LogP contribution in [0.4, 0.5) is 0 Å². The Bertz CT molecular complexity index is 1200. The summed E-state index contributed by atoms with van der Waals surface area (Å²) in [5.41, 5.74) is 4.11. The molecule has 4 rings (SSSR count). The van der Waals surface area contributed by atoms with Crippen molar-refractivity contribution in [2.45, 2.75) is 25.6 Å². The summed E-state index contributed by atoms with van der Waals surface area (Å²) in [7, 11) is 3.33. The number of nitrogens with one attached hydrogen (secondary N) is 1. The predicted molar refractivity (Wildman–Crippen MR) is 124 cm³/mol. The maximum atomic E-state index is 12.5. The number of hydrogen-bond donors (Lipinski definition) is 1. The van der Waals surface area contributed by atoms with Crippen LogP contribution >= 0.6 is 11.6 Å². The summed E-state index contributed by atoms with van der Waals surface area (Å²) in [6.07, 6.45) is 0.818. The lowest BCUT2D eigenvalue weighted by molar-refractivity contribution is -0.124. The number of halogens is 1. The number of methoxy groups -OCH3 is 1. The molecule has 6 nitrogen and oxygen atoms in total. The zero-order valence-corrected chi connectivity index (χ0v) is 19.0. The van der Waals surface area contributed by atoms with Crippen LogP contribution in [-0.2, 0) is 16.6 Å². The third-order valence-electron chi connectivity index (χ3n) is 5.66. The van der Waals surface area contributed by atoms with E-state index in [2.05, 4.69) is 5.32 Å². The zero-order valence-electron chi connectivity index (χ0n) is 18.2. The molecule has 0 radical (unpaired) electrons. The average Bonchev–Trinajstić information content (AvgIpc) is 2.90. The number of aryl methyl sites for hydroxylation is 1. The first-order valence-corrected chi connectivity index (χ1v) is 10.9. The van der Waals surface area contributed by atoms with Crippen LogP contribution in [0.15, 0.2) is 59.5 Å². The van der Waals surface area contributed by atoms with Gasteiger partial charge in [0, 0.05) is 36.4 Å². The number of benzene rings is 2. The summed E-state index contributed by atoms with van der Waals surface area (Å²) >= 11 is 6.12. The predicted octanol–water partition coefficient (Wildman–Crippen LogP) is 4.40. The van der Waals surface area contributed by atoms with Crippen molar-refractivity contribution in [1.29, 1.82) is 0 Å². The smallest absolute Gasteiger partial charge is 0.250 e. The lowest BCUT2D eigenvalue weighted by Crippen LogP contribution is -2.26. The number of aromatic nitrogens is 1. The molecule has 166 valence electrons. The largest absolute Gasteiger partial charge is 0.497 e. The first-order chi connectivity index (χ1) is 15.4. The molecule has 0 unspecified atom stereocenters. The maximum Gasteiger partial charge on any atom is 0.250 e. The van der Waals surface area contributed by atoms with Crippen LogP contribution in [-0.4, -0.2) is 24.1 Å². The molecule has 32 heavy (non-hydrogen) atoms. The minimum atomic E-state index is -0.607. The Morgan fingerprint density at radius 2 is 1.88 bits per heavy atom. The minimum Gasteiger partial charge on any atom is -0.497 e. The topological polar surface area (TPSA) is 69.6 Å². The molecule has 1 aliphatic rings. The van der Waals surface area contributed by atoms with Crippen molar-refractivity contribution in [2.24, 2.45) is 7.05 Å². The van der Waals surface area contributed by atoms with Gasteiger partial charge in [0.2, 0.25) is 5.91 Å². The molecule has 1 aliphatic heterocycles. The lowest BCUT2D eigenvalue weighted by Gasteiger charge is -2.24. The summed E-state index contributed by atoms with van der Waals surface area (Å²) in [6.45, 7) is 2.39. The number of carbonyl (C=O) groups excluding carboxylic acids is 1. The van der Waals surface area contributed by atoms with Crippen LogP contribution in [0.1, 0.15) is 42.2 Å². The Kier molecular flexibility index (Phi) is 6.35. The van der Waals surface area contributed by atoms with Gasteiger partial charge in [0.05, 0.1) is 19.6 Å². The standard InChI is InChI=1S/C25H25ClN2O4/c1-4-27-23(29)13-22-19-12-24(30)28(2)14-21(19)18-10-9-17(31-3)11-20(18)25(32-22)15-5-7-16(26)8-6-15/h5-12,14,22,25H,4,13H2,1-3H3,(H,27,29)/t22-,25-/m1/s1. The van der Waals surface area contributed by atoms with E-state index >= 15 is 0 Å². The van der Waals surface area contributed by atoms with E-state index in [1.165, 1.54) is 0 Å². The molecule has 1 aromatic heterocycles. The van der Waals surface area contributed by atoms with Gasteiger partial charge in [0.1, 0.15) is 11.9 Å². The fourth-order valence-electron chi connectivity index (χ4n) is 4.07. The van der Waals surface area contributed by atoms with Gasteiger partial charge in [-0.15, -0.1) is 0 Å². The highest BCUT2D eigenvalue weighted by Crippen LogP contribution is 2.46. The van der Waals surface area contributed by atoms with Gasteiger partial charge >= 0.3 is 0 Å². The van der Waals surface area contributed by atoms with Crippen molar-refractivity contribution < 1.29 is 14.3 Å². The van der Waals surface area contributed by atoms with Gasteiger partial charge in [-0.25, -0.2) is 0 Å². The third kappa shape index (κ3) is 4.29. The SMILES string of the molecule is CCNC(=O)C[C@H]1O[C@H](c2ccc(Cl)cc2)c2cc(OC)ccc2-c2cn(C)c(=O)cc21. The van der Waals surface area contributed by atoms with Crippen LogP contribution in [0.5, 0.6) is 5.75 Å². The first kappa shape index (κ1) is 22.1. The monoisotopic (exact) mass is 452 g/mol. The van der Waals surface area contributed by atoms with Gasteiger partial charge in [0.25, 0.3) is 5.56 Å². The molecule has 2 atom stereocenters. The molecular weight excluding hydrogens is 428 g/mol. The fourth-order valence-corrected chi connectivity index (χ4v) is 4.19. The molecule has 0 spiro atoms. The van der Waals surface area contributed by atoms with Gasteiger partial charge in [-0.2, -0.15) is 0 Å². The van der Waals surface area contributed by atoms with Gasteiger partial charge < -0.3 is 19.4 Å². The molecule has 3 aromatic rings. The molecule has 1 amide bonds. The van der Waals surface area contributed by atoms with E-state index in [-0.39, 0.29) is 17.9 Å². The summed E-state index contributed by atoms with van der Waals surface area (Å²) < 4.78 is 13.6. The number of pyridine rings is 1. The fraction of sp³-hybridized carbons (Fsp3) is 0.280. The molecule has 2 heterocycles. The highest BCUT2D eigenvalue weighted by molar-refractivity contribution is 6.30. The number of hydrogen-bond acceptors (Lipinski definition) is 4. The second-order valence-corrected chi connectivity index (χ2v) is 8.20. The molecular formula is C25H25ClN2O4. The van der Waals surface area contributed by atoms with Crippen LogP contribution in [0.2, 0.25) is 5.02 Å². The molecule has 0 fully saturated rings. The Morgan fingerprint density at radius 1 is 1.12 bits per heavy atom. The molecule has 0 bridgehead atoms. The highest BCUT2D eigenvalue weighted by Gasteiger charge is 2.32. The second-order valence-electron chi connectivity index (χ2n) is 7.76. The molecule has 1 N–H and O–H groups in total. The quantitative estimate of drug-likeness (QED) is 0.623. The first-order valence-electron chi connectivity index (χ1n) is 10.5. The minimum absolute atomic E-state index is 0.100. The highest BCUT2D eigenvalue weighted by atomic mass is 35.5. The van der Waals surface area contributed by atoms with Gasteiger partial charge in [0.15, 0.2) is 0 Å².